The number of rotatable bonds is 2. The zero-order valence-corrected chi connectivity index (χ0v) is 10.1. The monoisotopic (exact) mass is 224 g/mol. The summed E-state index contributed by atoms with van der Waals surface area (Å²) in [5.74, 6) is 0. The van der Waals surface area contributed by atoms with Crippen LogP contribution in [0, 0.1) is 11.3 Å². The van der Waals surface area contributed by atoms with Crippen LogP contribution in [0.4, 0.5) is 0 Å². The predicted molar refractivity (Wildman–Crippen MR) is 64.9 cm³/mol. The Hall–Kier alpha value is -1.04. The topological polar surface area (TPSA) is 49.8 Å². The van der Waals surface area contributed by atoms with E-state index in [1.165, 1.54) is 0 Å². The minimum atomic E-state index is -0.420. The molecule has 82 valence electrons. The van der Waals surface area contributed by atoms with Crippen LogP contribution < -0.4 is 5.73 Å². The molecular weight excluding hydrogens is 208 g/mol. The van der Waals surface area contributed by atoms with Crippen LogP contribution in [0.5, 0.6) is 0 Å². The lowest BCUT2D eigenvalue weighted by atomic mass is 9.86. The third-order valence-corrected chi connectivity index (χ3v) is 2.44. The smallest absolute Gasteiger partial charge is 0.0766 e. The van der Waals surface area contributed by atoms with E-state index in [2.05, 4.69) is 6.07 Å². The second kappa shape index (κ2) is 5.16. The number of benzene rings is 1. The third-order valence-electron chi connectivity index (χ3n) is 2.44. The van der Waals surface area contributed by atoms with Gasteiger partial charge in [0.2, 0.25) is 0 Å². The Bertz CT molecular complexity index is 347. The Morgan fingerprint density at radius 2 is 1.73 bits per heavy atom. The van der Waals surface area contributed by atoms with E-state index >= 15 is 0 Å². The van der Waals surface area contributed by atoms with Gasteiger partial charge in [0.1, 0.15) is 0 Å². The molecule has 0 spiro atoms. The Kier molecular flexibility index (Phi) is 4.80. The van der Waals surface area contributed by atoms with Crippen molar-refractivity contribution >= 4 is 12.4 Å². The average molecular weight is 225 g/mol. The van der Waals surface area contributed by atoms with Crippen molar-refractivity contribution in [3.8, 4) is 6.07 Å². The van der Waals surface area contributed by atoms with Crippen LogP contribution in [0.3, 0.4) is 0 Å². The Labute approximate surface area is 97.5 Å². The molecule has 0 bridgehead atoms. The molecule has 0 heterocycles. The molecule has 0 radical (unpaired) electrons. The molecule has 0 aliphatic carbocycles. The SMILES string of the molecule is CC(N)c1ccc(C(C)(C)C#N)cc1.Cl. The standard InChI is InChI=1S/C12H16N2.ClH/c1-9(14)10-4-6-11(7-5-10)12(2,3)8-13;/h4-7,9H,14H2,1-3H3;1H. The van der Waals surface area contributed by atoms with Crippen LogP contribution in [-0.4, -0.2) is 0 Å². The number of halogens is 1. The molecule has 0 aliphatic heterocycles. The highest BCUT2D eigenvalue weighted by molar-refractivity contribution is 5.85. The second-order valence-corrected chi connectivity index (χ2v) is 4.15. The van der Waals surface area contributed by atoms with Crippen LogP contribution in [0.2, 0.25) is 0 Å². The molecule has 3 heteroatoms. The summed E-state index contributed by atoms with van der Waals surface area (Å²) in [7, 11) is 0. The first-order valence-corrected chi connectivity index (χ1v) is 4.74. The highest BCUT2D eigenvalue weighted by atomic mass is 35.5. The minimum Gasteiger partial charge on any atom is -0.324 e. The second-order valence-electron chi connectivity index (χ2n) is 4.15. The van der Waals surface area contributed by atoms with Crippen molar-refractivity contribution < 1.29 is 0 Å². The summed E-state index contributed by atoms with van der Waals surface area (Å²) in [6, 6.07) is 10.2. The highest BCUT2D eigenvalue weighted by Gasteiger charge is 2.19. The van der Waals surface area contributed by atoms with E-state index in [0.717, 1.165) is 11.1 Å². The lowest BCUT2D eigenvalue weighted by molar-refractivity contribution is 0.685. The molecule has 2 N–H and O–H groups in total. The molecule has 0 aromatic heterocycles. The molecule has 1 atom stereocenters. The molecule has 0 saturated heterocycles. The van der Waals surface area contributed by atoms with Gasteiger partial charge in [-0.05, 0) is 31.9 Å². The van der Waals surface area contributed by atoms with Crippen molar-refractivity contribution in [2.45, 2.75) is 32.2 Å². The lowest BCUT2D eigenvalue weighted by Gasteiger charge is -2.16. The maximum absolute atomic E-state index is 8.95. The fraction of sp³-hybridized carbons (Fsp3) is 0.417. The number of hydrogen-bond donors (Lipinski definition) is 1. The van der Waals surface area contributed by atoms with Crippen molar-refractivity contribution in [2.75, 3.05) is 0 Å². The molecule has 1 rings (SSSR count). The van der Waals surface area contributed by atoms with E-state index < -0.39 is 5.41 Å². The quantitative estimate of drug-likeness (QED) is 0.840. The Morgan fingerprint density at radius 3 is 2.07 bits per heavy atom. The largest absolute Gasteiger partial charge is 0.324 e. The molecule has 0 amide bonds. The fourth-order valence-electron chi connectivity index (χ4n) is 1.27. The molecular formula is C12H17ClN2. The van der Waals surface area contributed by atoms with E-state index in [-0.39, 0.29) is 18.4 Å². The van der Waals surface area contributed by atoms with Crippen LogP contribution in [0.1, 0.15) is 37.9 Å². The Balaban J connectivity index is 0.00000196. The number of nitrogens with two attached hydrogens (primary N) is 1. The van der Waals surface area contributed by atoms with Gasteiger partial charge in [-0.15, -0.1) is 12.4 Å². The van der Waals surface area contributed by atoms with Crippen molar-refractivity contribution in [3.63, 3.8) is 0 Å². The van der Waals surface area contributed by atoms with Gasteiger partial charge in [0.25, 0.3) is 0 Å². The summed E-state index contributed by atoms with van der Waals surface area (Å²) < 4.78 is 0. The van der Waals surface area contributed by atoms with Gasteiger partial charge in [-0.25, -0.2) is 0 Å². The highest BCUT2D eigenvalue weighted by Crippen LogP contribution is 2.23. The van der Waals surface area contributed by atoms with Crippen LogP contribution >= 0.6 is 12.4 Å². The van der Waals surface area contributed by atoms with Crippen LogP contribution in [0.15, 0.2) is 24.3 Å². The normalized spacial score (nSPS) is 12.5. The Morgan fingerprint density at radius 1 is 1.27 bits per heavy atom. The molecule has 1 unspecified atom stereocenters. The first kappa shape index (κ1) is 14.0. The third kappa shape index (κ3) is 3.23. The summed E-state index contributed by atoms with van der Waals surface area (Å²) in [6.45, 7) is 5.77. The molecule has 0 saturated carbocycles. The summed E-state index contributed by atoms with van der Waals surface area (Å²) in [5.41, 5.74) is 7.45. The van der Waals surface area contributed by atoms with Crippen molar-refractivity contribution in [2.24, 2.45) is 5.73 Å². The lowest BCUT2D eigenvalue weighted by Crippen LogP contribution is -2.14. The summed E-state index contributed by atoms with van der Waals surface area (Å²) >= 11 is 0. The zero-order chi connectivity index (χ0) is 10.8. The van der Waals surface area contributed by atoms with Crippen molar-refractivity contribution in [1.29, 1.82) is 5.26 Å². The van der Waals surface area contributed by atoms with Gasteiger partial charge < -0.3 is 5.73 Å². The number of hydrogen-bond acceptors (Lipinski definition) is 2. The average Bonchev–Trinajstić information content (AvgIpc) is 2.18. The first-order chi connectivity index (χ1) is 6.47. The van der Waals surface area contributed by atoms with Gasteiger partial charge in [-0.2, -0.15) is 5.26 Å². The van der Waals surface area contributed by atoms with E-state index in [4.69, 9.17) is 11.0 Å². The molecule has 0 fully saturated rings. The fourth-order valence-corrected chi connectivity index (χ4v) is 1.27. The zero-order valence-electron chi connectivity index (χ0n) is 9.32. The summed E-state index contributed by atoms with van der Waals surface area (Å²) in [6.07, 6.45) is 0. The maximum Gasteiger partial charge on any atom is 0.0766 e. The van der Waals surface area contributed by atoms with Gasteiger partial charge in [0.05, 0.1) is 11.5 Å². The summed E-state index contributed by atoms with van der Waals surface area (Å²) in [5, 5.41) is 8.95. The van der Waals surface area contributed by atoms with E-state index in [1.54, 1.807) is 0 Å². The maximum atomic E-state index is 8.95. The van der Waals surface area contributed by atoms with Gasteiger partial charge in [-0.3, -0.25) is 0 Å². The van der Waals surface area contributed by atoms with E-state index in [1.807, 2.05) is 45.0 Å². The molecule has 15 heavy (non-hydrogen) atoms. The van der Waals surface area contributed by atoms with Gasteiger partial charge in [-0.1, -0.05) is 24.3 Å². The van der Waals surface area contributed by atoms with Gasteiger partial charge in [0, 0.05) is 6.04 Å². The first-order valence-electron chi connectivity index (χ1n) is 4.74. The number of nitrogens with zero attached hydrogens (tertiary/aromatic N) is 1. The molecule has 1 aromatic rings. The van der Waals surface area contributed by atoms with Crippen LogP contribution in [-0.2, 0) is 5.41 Å². The van der Waals surface area contributed by atoms with Crippen molar-refractivity contribution in [3.05, 3.63) is 35.4 Å². The molecule has 2 nitrogen and oxygen atoms in total. The van der Waals surface area contributed by atoms with Crippen molar-refractivity contribution in [1.82, 2.24) is 0 Å². The van der Waals surface area contributed by atoms with Crippen LogP contribution in [0.25, 0.3) is 0 Å². The molecule has 1 aromatic carbocycles. The molecule has 0 aliphatic rings. The minimum absolute atomic E-state index is 0. The van der Waals surface area contributed by atoms with E-state index in [9.17, 15) is 0 Å². The van der Waals surface area contributed by atoms with Gasteiger partial charge in [0.15, 0.2) is 0 Å². The number of nitriles is 1. The summed E-state index contributed by atoms with van der Waals surface area (Å²) in [4.78, 5) is 0. The van der Waals surface area contributed by atoms with Gasteiger partial charge >= 0.3 is 0 Å². The predicted octanol–water partition coefficient (Wildman–Crippen LogP) is 2.93. The van der Waals surface area contributed by atoms with E-state index in [0.29, 0.717) is 0 Å².